The molecular formula is C15H18N2O7. The molecule has 0 unspecified atom stereocenters. The van der Waals surface area contributed by atoms with Gasteiger partial charge in [0, 0.05) is 11.6 Å². The number of fused-ring (bicyclic) bond motifs is 1. The Bertz CT molecular complexity index is 685. The van der Waals surface area contributed by atoms with Gasteiger partial charge >= 0.3 is 5.97 Å². The molecule has 0 bridgehead atoms. The molecule has 9 heteroatoms. The molecule has 0 spiro atoms. The molecular weight excluding hydrogens is 320 g/mol. The largest absolute Gasteiger partial charge is 0.454 e. The van der Waals surface area contributed by atoms with Crippen LogP contribution in [-0.4, -0.2) is 35.7 Å². The van der Waals surface area contributed by atoms with E-state index in [2.05, 4.69) is 5.32 Å². The minimum absolute atomic E-state index is 0.0838. The molecule has 1 aliphatic heterocycles. The van der Waals surface area contributed by atoms with E-state index in [0.29, 0.717) is 6.42 Å². The number of hydrogen-bond donors (Lipinski definition) is 1. The molecule has 130 valence electrons. The zero-order valence-corrected chi connectivity index (χ0v) is 13.6. The number of nitro benzene ring substituents is 1. The summed E-state index contributed by atoms with van der Waals surface area (Å²) in [6.07, 6.45) is 0.695. The van der Waals surface area contributed by atoms with Gasteiger partial charge in [0.1, 0.15) is 5.56 Å². The minimum atomic E-state index is -0.982. The topological polar surface area (TPSA) is 117 Å². The van der Waals surface area contributed by atoms with Gasteiger partial charge in [-0.3, -0.25) is 14.9 Å². The second-order valence-electron chi connectivity index (χ2n) is 5.84. The van der Waals surface area contributed by atoms with E-state index in [0.717, 1.165) is 6.07 Å². The first-order valence-electron chi connectivity index (χ1n) is 7.29. The molecule has 24 heavy (non-hydrogen) atoms. The van der Waals surface area contributed by atoms with Gasteiger partial charge < -0.3 is 19.5 Å². The molecule has 1 aromatic rings. The quantitative estimate of drug-likeness (QED) is 0.477. The van der Waals surface area contributed by atoms with Crippen LogP contribution in [-0.2, 0) is 9.53 Å². The van der Waals surface area contributed by atoms with E-state index < -0.39 is 34.6 Å². The smallest absolute Gasteiger partial charge is 0.345 e. The first kappa shape index (κ1) is 17.5. The van der Waals surface area contributed by atoms with Crippen LogP contribution >= 0.6 is 0 Å². The van der Waals surface area contributed by atoms with Crippen LogP contribution in [0.1, 0.15) is 37.6 Å². The average Bonchev–Trinajstić information content (AvgIpc) is 2.98. The van der Waals surface area contributed by atoms with Gasteiger partial charge in [-0.2, -0.15) is 0 Å². The van der Waals surface area contributed by atoms with Crippen molar-refractivity contribution in [3.63, 3.8) is 0 Å². The van der Waals surface area contributed by atoms with Crippen LogP contribution in [0, 0.1) is 10.1 Å². The van der Waals surface area contributed by atoms with E-state index in [1.54, 1.807) is 0 Å². The van der Waals surface area contributed by atoms with Gasteiger partial charge in [0.25, 0.3) is 11.6 Å². The maximum atomic E-state index is 12.1. The number of nitrogens with one attached hydrogen (secondary N) is 1. The highest BCUT2D eigenvalue weighted by atomic mass is 16.7. The highest BCUT2D eigenvalue weighted by molar-refractivity contribution is 5.96. The summed E-state index contributed by atoms with van der Waals surface area (Å²) in [5, 5.41) is 13.8. The number of benzene rings is 1. The van der Waals surface area contributed by atoms with Crippen molar-refractivity contribution < 1.29 is 28.7 Å². The van der Waals surface area contributed by atoms with Gasteiger partial charge in [0.05, 0.1) is 11.0 Å². The monoisotopic (exact) mass is 338 g/mol. The zero-order chi connectivity index (χ0) is 17.9. The lowest BCUT2D eigenvalue weighted by molar-refractivity contribution is -0.385. The average molecular weight is 338 g/mol. The molecule has 0 saturated carbocycles. The Hall–Kier alpha value is -2.84. The Balaban J connectivity index is 2.10. The zero-order valence-electron chi connectivity index (χ0n) is 13.6. The minimum Gasteiger partial charge on any atom is -0.454 e. The fourth-order valence-corrected chi connectivity index (χ4v) is 1.96. The summed E-state index contributed by atoms with van der Waals surface area (Å²) >= 11 is 0. The summed E-state index contributed by atoms with van der Waals surface area (Å²) in [4.78, 5) is 34.3. The first-order valence-corrected chi connectivity index (χ1v) is 7.29. The SMILES string of the molecule is CCC(C)(C)NC(=O)COC(=O)c1cc2c(cc1[N+](=O)[O-])OCO2. The number of carbonyl (C=O) groups is 2. The van der Waals surface area contributed by atoms with E-state index >= 15 is 0 Å². The summed E-state index contributed by atoms with van der Waals surface area (Å²) in [6.45, 7) is 4.94. The number of ether oxygens (including phenoxy) is 3. The fraction of sp³-hybridized carbons (Fsp3) is 0.467. The van der Waals surface area contributed by atoms with Crippen LogP contribution < -0.4 is 14.8 Å². The number of carbonyl (C=O) groups excluding carboxylic acids is 2. The molecule has 0 saturated heterocycles. The third-order valence-electron chi connectivity index (χ3n) is 3.60. The molecule has 0 aromatic heterocycles. The van der Waals surface area contributed by atoms with Crippen LogP contribution in [0.2, 0.25) is 0 Å². The summed E-state index contributed by atoms with van der Waals surface area (Å²) in [7, 11) is 0. The van der Waals surface area contributed by atoms with E-state index in [9.17, 15) is 19.7 Å². The van der Waals surface area contributed by atoms with Crippen molar-refractivity contribution in [2.24, 2.45) is 0 Å². The van der Waals surface area contributed by atoms with Gasteiger partial charge in [-0.25, -0.2) is 4.79 Å². The molecule has 0 atom stereocenters. The molecule has 0 aliphatic carbocycles. The molecule has 1 heterocycles. The Morgan fingerprint density at radius 1 is 1.33 bits per heavy atom. The summed E-state index contributed by atoms with van der Waals surface area (Å²) in [5.74, 6) is -1.08. The van der Waals surface area contributed by atoms with Gasteiger partial charge in [0.15, 0.2) is 18.1 Å². The molecule has 1 aromatic carbocycles. The fourth-order valence-electron chi connectivity index (χ4n) is 1.96. The highest BCUT2D eigenvalue weighted by Crippen LogP contribution is 2.38. The van der Waals surface area contributed by atoms with Crippen molar-refractivity contribution in [3.05, 3.63) is 27.8 Å². The Kier molecular flexibility index (Phi) is 4.91. The number of rotatable bonds is 6. The maximum absolute atomic E-state index is 12.1. The van der Waals surface area contributed by atoms with Crippen molar-refractivity contribution >= 4 is 17.6 Å². The van der Waals surface area contributed by atoms with Crippen LogP contribution in [0.5, 0.6) is 11.5 Å². The normalized spacial score (nSPS) is 12.6. The summed E-state index contributed by atoms with van der Waals surface area (Å²) in [6, 6.07) is 2.27. The van der Waals surface area contributed by atoms with Crippen LogP contribution in [0.3, 0.4) is 0 Å². The molecule has 9 nitrogen and oxygen atoms in total. The highest BCUT2D eigenvalue weighted by Gasteiger charge is 2.28. The molecule has 0 fully saturated rings. The Morgan fingerprint density at radius 2 is 1.96 bits per heavy atom. The second-order valence-corrected chi connectivity index (χ2v) is 5.84. The number of nitrogens with zero attached hydrogens (tertiary/aromatic N) is 1. The summed E-state index contributed by atoms with van der Waals surface area (Å²) < 4.78 is 15.0. The van der Waals surface area contributed by atoms with Crippen molar-refractivity contribution in [2.45, 2.75) is 32.7 Å². The van der Waals surface area contributed by atoms with Crippen molar-refractivity contribution in [1.82, 2.24) is 5.32 Å². The van der Waals surface area contributed by atoms with Crippen LogP contribution in [0.4, 0.5) is 5.69 Å². The Labute approximate surface area is 138 Å². The van der Waals surface area contributed by atoms with Crippen LogP contribution in [0.25, 0.3) is 0 Å². The van der Waals surface area contributed by atoms with Crippen molar-refractivity contribution in [3.8, 4) is 11.5 Å². The lowest BCUT2D eigenvalue weighted by atomic mass is 10.0. The van der Waals surface area contributed by atoms with Crippen molar-refractivity contribution in [1.29, 1.82) is 0 Å². The van der Waals surface area contributed by atoms with Crippen molar-refractivity contribution in [2.75, 3.05) is 13.4 Å². The lowest BCUT2D eigenvalue weighted by Crippen LogP contribution is -2.44. The molecule has 1 aliphatic rings. The van der Waals surface area contributed by atoms with Gasteiger partial charge in [-0.15, -0.1) is 0 Å². The van der Waals surface area contributed by atoms with Gasteiger partial charge in [0.2, 0.25) is 6.79 Å². The van der Waals surface area contributed by atoms with E-state index in [1.165, 1.54) is 6.07 Å². The predicted octanol–water partition coefficient (Wildman–Crippen LogP) is 1.79. The summed E-state index contributed by atoms with van der Waals surface area (Å²) in [5.41, 5.74) is -1.21. The Morgan fingerprint density at radius 3 is 2.54 bits per heavy atom. The third kappa shape index (κ3) is 3.92. The van der Waals surface area contributed by atoms with Crippen LogP contribution in [0.15, 0.2) is 12.1 Å². The third-order valence-corrected chi connectivity index (χ3v) is 3.60. The van der Waals surface area contributed by atoms with E-state index in [1.807, 2.05) is 20.8 Å². The first-order chi connectivity index (χ1) is 11.2. The lowest BCUT2D eigenvalue weighted by Gasteiger charge is -2.24. The standard InChI is InChI=1S/C15H18N2O7/c1-4-15(2,3)16-13(18)7-22-14(19)9-5-11-12(24-8-23-11)6-10(9)17(20)21/h5-6H,4,7-8H2,1-3H3,(H,16,18). The number of hydrogen-bond acceptors (Lipinski definition) is 7. The van der Waals surface area contributed by atoms with E-state index in [-0.39, 0.29) is 23.9 Å². The molecule has 0 radical (unpaired) electrons. The van der Waals surface area contributed by atoms with Gasteiger partial charge in [-0.05, 0) is 20.3 Å². The molecule has 1 N–H and O–H groups in total. The number of amides is 1. The predicted molar refractivity (Wildman–Crippen MR) is 82.0 cm³/mol. The maximum Gasteiger partial charge on any atom is 0.345 e. The molecule has 1 amide bonds. The van der Waals surface area contributed by atoms with Gasteiger partial charge in [-0.1, -0.05) is 6.92 Å². The molecule has 2 rings (SSSR count). The second kappa shape index (κ2) is 6.73. The number of nitro groups is 1. The van der Waals surface area contributed by atoms with E-state index in [4.69, 9.17) is 14.2 Å². The number of esters is 1.